The molecule has 180 valence electrons. The molecule has 34 heavy (non-hydrogen) atoms. The summed E-state index contributed by atoms with van der Waals surface area (Å²) in [6, 6.07) is 4.27. The molecule has 1 aliphatic carbocycles. The number of rotatable bonds is 11. The second kappa shape index (κ2) is 12.9. The predicted octanol–water partition coefficient (Wildman–Crippen LogP) is 7.40. The summed E-state index contributed by atoms with van der Waals surface area (Å²) >= 11 is 0. The van der Waals surface area contributed by atoms with Gasteiger partial charge in [-0.1, -0.05) is 56.2 Å². The number of nitrogens with one attached hydrogen (secondary N) is 1. The summed E-state index contributed by atoms with van der Waals surface area (Å²) in [6.07, 6.45) is 20.1. The van der Waals surface area contributed by atoms with Crippen molar-refractivity contribution in [2.45, 2.75) is 66.3 Å². The lowest BCUT2D eigenvalue weighted by Crippen LogP contribution is -2.13. The molecule has 5 heteroatoms. The van der Waals surface area contributed by atoms with E-state index in [9.17, 15) is 0 Å². The number of allylic oxidation sites excluding steroid dienone is 8. The van der Waals surface area contributed by atoms with E-state index in [1.807, 2.05) is 0 Å². The average molecular weight is 459 g/mol. The predicted molar refractivity (Wildman–Crippen MR) is 143 cm³/mol. The third-order valence-corrected chi connectivity index (χ3v) is 6.29. The summed E-state index contributed by atoms with van der Waals surface area (Å²) in [6.45, 7) is 9.23. The SMILES string of the molecule is CCC=C(C)c1cc(NCc2nccnc2OC)cc(C(/C=C\C=C\CC)=C(/C)C2CCC2)n1. The van der Waals surface area contributed by atoms with Gasteiger partial charge in [-0.3, -0.25) is 4.98 Å². The minimum absolute atomic E-state index is 0.520. The highest BCUT2D eigenvalue weighted by Crippen LogP contribution is 2.37. The average Bonchev–Trinajstić information content (AvgIpc) is 2.81. The summed E-state index contributed by atoms with van der Waals surface area (Å²) in [7, 11) is 1.62. The maximum atomic E-state index is 5.37. The number of methoxy groups -OCH3 is 1. The van der Waals surface area contributed by atoms with Crippen molar-refractivity contribution in [3.05, 3.63) is 77.6 Å². The molecule has 0 atom stereocenters. The molecule has 0 bridgehead atoms. The molecule has 0 radical (unpaired) electrons. The second-order valence-electron chi connectivity index (χ2n) is 8.71. The van der Waals surface area contributed by atoms with Crippen molar-refractivity contribution < 1.29 is 4.74 Å². The number of ether oxygens (including phenoxy) is 1. The van der Waals surface area contributed by atoms with Crippen molar-refractivity contribution in [2.75, 3.05) is 12.4 Å². The van der Waals surface area contributed by atoms with Gasteiger partial charge in [0.25, 0.3) is 0 Å². The highest BCUT2D eigenvalue weighted by Gasteiger charge is 2.22. The van der Waals surface area contributed by atoms with Crippen LogP contribution in [0.25, 0.3) is 11.1 Å². The maximum absolute atomic E-state index is 5.37. The topological polar surface area (TPSA) is 59.9 Å². The fraction of sp³-hybridized carbons (Fsp3) is 0.414. The highest BCUT2D eigenvalue weighted by molar-refractivity contribution is 5.78. The molecule has 0 unspecified atom stereocenters. The van der Waals surface area contributed by atoms with Crippen LogP contribution < -0.4 is 10.1 Å². The van der Waals surface area contributed by atoms with Crippen LogP contribution in [0, 0.1) is 5.92 Å². The molecule has 1 saturated carbocycles. The standard InChI is InChI=1S/C29H38N4O/c1-6-8-9-10-15-25(22(4)23-13-11-14-23)27-19-24(18-26(33-27)21(3)12-7-2)32-20-28-29(34-5)31-17-16-30-28/h8-10,12,15-19,23H,6-7,11,13-14,20H2,1-5H3,(H,32,33)/b9-8+,15-10-,21-12?,25-22-. The normalized spacial score (nSPS) is 15.5. The molecule has 1 N–H and O–H groups in total. The Kier molecular flexibility index (Phi) is 9.62. The number of anilines is 1. The van der Waals surface area contributed by atoms with E-state index < -0.39 is 0 Å². The first kappa shape index (κ1) is 25.4. The van der Waals surface area contributed by atoms with E-state index >= 15 is 0 Å². The lowest BCUT2D eigenvalue weighted by molar-refractivity contribution is 0.369. The Morgan fingerprint density at radius 3 is 2.50 bits per heavy atom. The van der Waals surface area contributed by atoms with Gasteiger partial charge in [0.1, 0.15) is 5.69 Å². The molecule has 0 saturated heterocycles. The summed E-state index contributed by atoms with van der Waals surface area (Å²) < 4.78 is 5.37. The lowest BCUT2D eigenvalue weighted by atomic mass is 9.78. The minimum Gasteiger partial charge on any atom is -0.480 e. The van der Waals surface area contributed by atoms with Crippen LogP contribution in [0.5, 0.6) is 5.88 Å². The first-order chi connectivity index (χ1) is 16.6. The van der Waals surface area contributed by atoms with Crippen molar-refractivity contribution in [3.8, 4) is 5.88 Å². The van der Waals surface area contributed by atoms with E-state index in [0.717, 1.165) is 35.6 Å². The zero-order chi connectivity index (χ0) is 24.3. The maximum Gasteiger partial charge on any atom is 0.237 e. The van der Waals surface area contributed by atoms with Gasteiger partial charge in [-0.15, -0.1) is 0 Å². The molecule has 1 fully saturated rings. The van der Waals surface area contributed by atoms with Gasteiger partial charge in [-0.25, -0.2) is 9.97 Å². The van der Waals surface area contributed by atoms with Gasteiger partial charge in [0.15, 0.2) is 0 Å². The Morgan fingerprint density at radius 1 is 1.06 bits per heavy atom. The highest BCUT2D eigenvalue weighted by atomic mass is 16.5. The number of aromatic nitrogens is 3. The summed E-state index contributed by atoms with van der Waals surface area (Å²) in [5.41, 5.74) is 7.60. The molecule has 2 aromatic heterocycles. The molecule has 0 spiro atoms. The van der Waals surface area contributed by atoms with Gasteiger partial charge in [-0.2, -0.15) is 0 Å². The summed E-state index contributed by atoms with van der Waals surface area (Å²) in [4.78, 5) is 13.8. The quantitative estimate of drug-likeness (QED) is 0.355. The first-order valence-electron chi connectivity index (χ1n) is 12.4. The smallest absolute Gasteiger partial charge is 0.237 e. The zero-order valence-electron chi connectivity index (χ0n) is 21.3. The van der Waals surface area contributed by atoms with E-state index in [1.165, 1.54) is 36.0 Å². The van der Waals surface area contributed by atoms with E-state index in [0.29, 0.717) is 18.3 Å². The third-order valence-electron chi connectivity index (χ3n) is 6.29. The molecule has 0 aliphatic heterocycles. The van der Waals surface area contributed by atoms with Crippen molar-refractivity contribution in [3.63, 3.8) is 0 Å². The van der Waals surface area contributed by atoms with Crippen molar-refractivity contribution >= 4 is 16.8 Å². The number of hydrogen-bond donors (Lipinski definition) is 1. The van der Waals surface area contributed by atoms with Gasteiger partial charge in [0.05, 0.1) is 25.0 Å². The molecular formula is C29H38N4O. The first-order valence-corrected chi connectivity index (χ1v) is 12.4. The van der Waals surface area contributed by atoms with E-state index in [2.05, 4.69) is 85.5 Å². The van der Waals surface area contributed by atoms with Crippen LogP contribution in [0.4, 0.5) is 5.69 Å². The fourth-order valence-electron chi connectivity index (χ4n) is 4.06. The summed E-state index contributed by atoms with van der Waals surface area (Å²) in [5, 5.41) is 3.53. The molecule has 3 rings (SSSR count). The van der Waals surface area contributed by atoms with Gasteiger partial charge in [0, 0.05) is 18.1 Å². The van der Waals surface area contributed by atoms with Crippen LogP contribution in [0.15, 0.2) is 60.5 Å². The van der Waals surface area contributed by atoms with Crippen LogP contribution in [0.3, 0.4) is 0 Å². The largest absolute Gasteiger partial charge is 0.480 e. The summed E-state index contributed by atoms with van der Waals surface area (Å²) in [5.74, 6) is 1.19. The van der Waals surface area contributed by atoms with Crippen LogP contribution in [0.2, 0.25) is 0 Å². The Balaban J connectivity index is 2.02. The fourth-order valence-corrected chi connectivity index (χ4v) is 4.06. The molecule has 2 aromatic rings. The van der Waals surface area contributed by atoms with Crippen molar-refractivity contribution in [1.82, 2.24) is 15.0 Å². The molecule has 5 nitrogen and oxygen atoms in total. The molecule has 1 aliphatic rings. The monoisotopic (exact) mass is 458 g/mol. The zero-order valence-corrected chi connectivity index (χ0v) is 21.3. The molecule has 0 amide bonds. The molecule has 2 heterocycles. The Morgan fingerprint density at radius 2 is 1.82 bits per heavy atom. The van der Waals surface area contributed by atoms with Gasteiger partial charge in [-0.05, 0) is 68.7 Å². The molecular weight excluding hydrogens is 420 g/mol. The van der Waals surface area contributed by atoms with E-state index in [4.69, 9.17) is 9.72 Å². The third kappa shape index (κ3) is 6.66. The van der Waals surface area contributed by atoms with Crippen LogP contribution in [0.1, 0.15) is 76.9 Å². The Labute approximate surface area is 204 Å². The van der Waals surface area contributed by atoms with Crippen LogP contribution >= 0.6 is 0 Å². The Hall–Kier alpha value is -3.21. The second-order valence-corrected chi connectivity index (χ2v) is 8.71. The Bertz CT molecular complexity index is 1080. The lowest BCUT2D eigenvalue weighted by Gasteiger charge is -2.28. The van der Waals surface area contributed by atoms with Gasteiger partial charge in [0.2, 0.25) is 5.88 Å². The molecule has 0 aromatic carbocycles. The number of pyridine rings is 1. The van der Waals surface area contributed by atoms with Crippen LogP contribution in [-0.2, 0) is 6.54 Å². The number of nitrogens with zero attached hydrogens (tertiary/aromatic N) is 3. The van der Waals surface area contributed by atoms with E-state index in [-0.39, 0.29) is 0 Å². The van der Waals surface area contributed by atoms with E-state index in [1.54, 1.807) is 19.5 Å². The van der Waals surface area contributed by atoms with Gasteiger partial charge < -0.3 is 10.1 Å². The van der Waals surface area contributed by atoms with Crippen LogP contribution in [-0.4, -0.2) is 22.1 Å². The van der Waals surface area contributed by atoms with Crippen molar-refractivity contribution in [2.24, 2.45) is 5.92 Å². The number of hydrogen-bond acceptors (Lipinski definition) is 5. The minimum atomic E-state index is 0.520. The van der Waals surface area contributed by atoms with Crippen molar-refractivity contribution in [1.29, 1.82) is 0 Å². The van der Waals surface area contributed by atoms with Gasteiger partial charge >= 0.3 is 0 Å².